The van der Waals surface area contributed by atoms with E-state index in [1.54, 1.807) is 0 Å². The average Bonchev–Trinajstić information content (AvgIpc) is 2.90. The molecule has 1 aromatic carbocycles. The Morgan fingerprint density at radius 3 is 2.83 bits per heavy atom. The van der Waals surface area contributed by atoms with Crippen LogP contribution in [0.4, 0.5) is 0 Å². The molecular formula is C19H25N3O. The minimum absolute atomic E-state index is 0.209. The van der Waals surface area contributed by atoms with Crippen molar-refractivity contribution in [1.82, 2.24) is 0 Å². The quantitative estimate of drug-likeness (QED) is 0.617. The van der Waals surface area contributed by atoms with E-state index in [1.807, 2.05) is 12.1 Å². The number of nitrogens with two attached hydrogens (primary N) is 2. The monoisotopic (exact) mass is 311 g/mol. The molecule has 4 N–H and O–H groups in total. The molecule has 0 unspecified atom stereocenters. The molecule has 0 aromatic heterocycles. The summed E-state index contributed by atoms with van der Waals surface area (Å²) < 4.78 is 0. The molecule has 1 aromatic rings. The first-order chi connectivity index (χ1) is 11.0. The number of nitrogens with zero attached hydrogens (tertiary/aromatic N) is 1. The highest BCUT2D eigenvalue weighted by Crippen LogP contribution is 2.59. The van der Waals surface area contributed by atoms with E-state index in [0.717, 1.165) is 18.8 Å². The topological polar surface area (TPSA) is 81.5 Å². The molecule has 2 saturated carbocycles. The molecule has 2 fully saturated rings. The van der Waals surface area contributed by atoms with Crippen LogP contribution in [0.5, 0.6) is 0 Å². The molecule has 0 saturated heterocycles. The van der Waals surface area contributed by atoms with Gasteiger partial charge in [-0.3, -0.25) is 4.79 Å². The first kappa shape index (κ1) is 14.7. The number of fused-ring (bicyclic) bond motifs is 5. The van der Waals surface area contributed by atoms with E-state index in [9.17, 15) is 4.79 Å². The van der Waals surface area contributed by atoms with E-state index in [-0.39, 0.29) is 11.3 Å². The fourth-order valence-electron chi connectivity index (χ4n) is 5.74. The van der Waals surface area contributed by atoms with Gasteiger partial charge in [-0.15, -0.1) is 0 Å². The van der Waals surface area contributed by atoms with E-state index in [1.165, 1.54) is 42.5 Å². The molecule has 4 nitrogen and oxygen atoms in total. The maximum Gasteiger partial charge on any atom is 0.248 e. The highest BCUT2D eigenvalue weighted by molar-refractivity contribution is 5.93. The second kappa shape index (κ2) is 5.08. The molecule has 122 valence electrons. The third-order valence-electron chi connectivity index (χ3n) is 6.91. The fraction of sp³-hybridized carbons (Fsp3) is 0.579. The van der Waals surface area contributed by atoms with E-state index < -0.39 is 0 Å². The van der Waals surface area contributed by atoms with Gasteiger partial charge >= 0.3 is 0 Å². The van der Waals surface area contributed by atoms with Crippen LogP contribution < -0.4 is 11.6 Å². The number of hydrogen-bond donors (Lipinski definition) is 2. The van der Waals surface area contributed by atoms with Gasteiger partial charge in [0, 0.05) is 16.7 Å². The lowest BCUT2D eigenvalue weighted by Crippen LogP contribution is -2.42. The van der Waals surface area contributed by atoms with Crippen LogP contribution in [0.1, 0.15) is 66.4 Å². The van der Waals surface area contributed by atoms with Gasteiger partial charge in [0.1, 0.15) is 0 Å². The Morgan fingerprint density at radius 1 is 1.26 bits per heavy atom. The Balaban J connectivity index is 1.69. The van der Waals surface area contributed by atoms with Crippen LogP contribution in [-0.2, 0) is 6.42 Å². The van der Waals surface area contributed by atoms with E-state index in [2.05, 4.69) is 18.1 Å². The second-order valence-electron chi connectivity index (χ2n) is 7.76. The van der Waals surface area contributed by atoms with Crippen LogP contribution in [0.3, 0.4) is 0 Å². The van der Waals surface area contributed by atoms with Crippen LogP contribution >= 0.6 is 0 Å². The minimum atomic E-state index is -0.328. The third kappa shape index (κ3) is 2.03. The van der Waals surface area contributed by atoms with Gasteiger partial charge in [0.15, 0.2) is 0 Å². The summed E-state index contributed by atoms with van der Waals surface area (Å²) in [7, 11) is 0. The number of amides is 1. The molecule has 23 heavy (non-hydrogen) atoms. The van der Waals surface area contributed by atoms with Crippen molar-refractivity contribution in [2.75, 3.05) is 0 Å². The lowest BCUT2D eigenvalue weighted by atomic mass is 9.55. The zero-order valence-corrected chi connectivity index (χ0v) is 13.7. The molecular weight excluding hydrogens is 286 g/mol. The summed E-state index contributed by atoms with van der Waals surface area (Å²) in [6.45, 7) is 2.37. The van der Waals surface area contributed by atoms with Crippen molar-refractivity contribution >= 4 is 11.6 Å². The SMILES string of the molecule is C[C@]12CC[C@@H]3c4ccc(C(N)=O)cc4CC[C@H]3[C@@H]1CC/C2=N\N. The number of carbonyl (C=O) groups is 1. The molecule has 0 radical (unpaired) electrons. The number of benzene rings is 1. The Bertz CT molecular complexity index is 696. The third-order valence-corrected chi connectivity index (χ3v) is 6.91. The Labute approximate surface area is 137 Å². The van der Waals surface area contributed by atoms with Crippen LogP contribution in [0.2, 0.25) is 0 Å². The van der Waals surface area contributed by atoms with Crippen LogP contribution in [0.25, 0.3) is 0 Å². The summed E-state index contributed by atoms with van der Waals surface area (Å²) >= 11 is 0. The summed E-state index contributed by atoms with van der Waals surface area (Å²) in [5.74, 6) is 7.38. The van der Waals surface area contributed by atoms with E-state index in [0.29, 0.717) is 17.4 Å². The van der Waals surface area contributed by atoms with Gasteiger partial charge in [-0.2, -0.15) is 5.10 Å². The molecule has 4 atom stereocenters. The van der Waals surface area contributed by atoms with Gasteiger partial charge in [-0.25, -0.2) is 0 Å². The minimum Gasteiger partial charge on any atom is -0.366 e. The predicted molar refractivity (Wildman–Crippen MR) is 91.2 cm³/mol. The van der Waals surface area contributed by atoms with Gasteiger partial charge in [0.25, 0.3) is 0 Å². The first-order valence-electron chi connectivity index (χ1n) is 8.74. The van der Waals surface area contributed by atoms with E-state index in [4.69, 9.17) is 11.6 Å². The fourth-order valence-corrected chi connectivity index (χ4v) is 5.74. The second-order valence-corrected chi connectivity index (χ2v) is 7.76. The summed E-state index contributed by atoms with van der Waals surface area (Å²) in [6, 6.07) is 6.07. The summed E-state index contributed by atoms with van der Waals surface area (Å²) in [5, 5.41) is 4.12. The van der Waals surface area contributed by atoms with Crippen LogP contribution in [-0.4, -0.2) is 11.6 Å². The van der Waals surface area contributed by atoms with Crippen LogP contribution in [0, 0.1) is 17.3 Å². The van der Waals surface area contributed by atoms with Gasteiger partial charge in [0.2, 0.25) is 5.91 Å². The normalized spacial score (nSPS) is 37.1. The Hall–Kier alpha value is -1.84. The Morgan fingerprint density at radius 2 is 2.09 bits per heavy atom. The maximum atomic E-state index is 11.4. The van der Waals surface area contributed by atoms with Gasteiger partial charge in [0.05, 0.1) is 0 Å². The molecule has 4 heteroatoms. The molecule has 0 spiro atoms. The maximum absolute atomic E-state index is 11.4. The molecule has 4 rings (SSSR count). The number of hydrogen-bond acceptors (Lipinski definition) is 3. The van der Waals surface area contributed by atoms with Crippen molar-refractivity contribution in [2.45, 2.75) is 51.4 Å². The summed E-state index contributed by atoms with van der Waals surface area (Å²) in [6.07, 6.45) is 6.92. The molecule has 3 aliphatic carbocycles. The van der Waals surface area contributed by atoms with Crippen molar-refractivity contribution in [2.24, 2.45) is 33.9 Å². The smallest absolute Gasteiger partial charge is 0.248 e. The number of carbonyl (C=O) groups excluding carboxylic acids is 1. The first-order valence-corrected chi connectivity index (χ1v) is 8.74. The van der Waals surface area contributed by atoms with Crippen molar-refractivity contribution in [3.63, 3.8) is 0 Å². The van der Waals surface area contributed by atoms with Gasteiger partial charge < -0.3 is 11.6 Å². The number of primary amides is 1. The summed E-state index contributed by atoms with van der Waals surface area (Å²) in [4.78, 5) is 11.4. The van der Waals surface area contributed by atoms with Crippen molar-refractivity contribution < 1.29 is 4.79 Å². The molecule has 3 aliphatic rings. The molecule has 1 amide bonds. The highest BCUT2D eigenvalue weighted by atomic mass is 16.1. The molecule has 0 bridgehead atoms. The lowest BCUT2D eigenvalue weighted by Gasteiger charge is -2.49. The van der Waals surface area contributed by atoms with Crippen molar-refractivity contribution in [3.05, 3.63) is 34.9 Å². The van der Waals surface area contributed by atoms with Crippen molar-refractivity contribution in [3.8, 4) is 0 Å². The van der Waals surface area contributed by atoms with Crippen molar-refractivity contribution in [1.29, 1.82) is 0 Å². The highest BCUT2D eigenvalue weighted by Gasteiger charge is 2.53. The van der Waals surface area contributed by atoms with Crippen LogP contribution in [0.15, 0.2) is 23.3 Å². The van der Waals surface area contributed by atoms with Gasteiger partial charge in [-0.1, -0.05) is 13.0 Å². The number of hydrazone groups is 1. The summed E-state index contributed by atoms with van der Waals surface area (Å²) in [5.41, 5.74) is 10.3. The average molecular weight is 311 g/mol. The zero-order chi connectivity index (χ0) is 16.2. The lowest BCUT2D eigenvalue weighted by molar-refractivity contribution is 0.0953. The van der Waals surface area contributed by atoms with Gasteiger partial charge in [-0.05, 0) is 79.5 Å². The number of rotatable bonds is 1. The number of aryl methyl sites for hydroxylation is 1. The Kier molecular flexibility index (Phi) is 3.26. The predicted octanol–water partition coefficient (Wildman–Crippen LogP) is 2.96. The molecule has 0 heterocycles. The zero-order valence-electron chi connectivity index (χ0n) is 13.7. The standard InChI is InChI=1S/C19H25N3O/c1-19-9-8-14-13-4-3-12(18(20)23)10-11(13)2-5-15(14)16(19)6-7-17(19)22-21/h3-4,10,14-16H,2,5-9,21H2,1H3,(H2,20,23)/b22-17+/t14-,15-,16+,19+/m1/s1. The molecule has 0 aliphatic heterocycles. The van der Waals surface area contributed by atoms with E-state index >= 15 is 0 Å². The largest absolute Gasteiger partial charge is 0.366 e.